The summed E-state index contributed by atoms with van der Waals surface area (Å²) in [7, 11) is 0. The predicted molar refractivity (Wildman–Crippen MR) is 74.0 cm³/mol. The average Bonchev–Trinajstić information content (AvgIpc) is 2.38. The van der Waals surface area contributed by atoms with Crippen LogP contribution in [0.15, 0.2) is 24.3 Å². The van der Waals surface area contributed by atoms with E-state index in [2.05, 4.69) is 36.5 Å². The number of hydrogen-bond acceptors (Lipinski definition) is 2. The minimum atomic E-state index is 0.0602. The van der Waals surface area contributed by atoms with E-state index < -0.39 is 0 Å². The Hall–Kier alpha value is -1.06. The van der Waals surface area contributed by atoms with E-state index in [0.717, 1.165) is 6.42 Å². The van der Waals surface area contributed by atoms with Gasteiger partial charge in [0.2, 0.25) is 5.91 Å². The van der Waals surface area contributed by atoms with Gasteiger partial charge in [0.25, 0.3) is 0 Å². The van der Waals surface area contributed by atoms with Crippen LogP contribution in [0.5, 0.6) is 0 Å². The molecule has 100 valence electrons. The lowest BCUT2D eigenvalue weighted by Gasteiger charge is -2.06. The summed E-state index contributed by atoms with van der Waals surface area (Å²) in [6.45, 7) is 3.64. The molecular formula is C14H20ClNO2. The lowest BCUT2D eigenvalue weighted by molar-refractivity contribution is -0.121. The maximum Gasteiger partial charge on any atom is 0.220 e. The number of rotatable bonds is 8. The highest BCUT2D eigenvalue weighted by molar-refractivity contribution is 6.17. The summed E-state index contributed by atoms with van der Waals surface area (Å²) in [6, 6.07) is 8.25. The second kappa shape index (κ2) is 8.95. The molecule has 0 aliphatic rings. The van der Waals surface area contributed by atoms with Crippen molar-refractivity contribution in [3.05, 3.63) is 35.4 Å². The highest BCUT2D eigenvalue weighted by atomic mass is 35.5. The minimum Gasteiger partial charge on any atom is -0.378 e. The molecule has 0 radical (unpaired) electrons. The van der Waals surface area contributed by atoms with Crippen LogP contribution in [0.3, 0.4) is 0 Å². The van der Waals surface area contributed by atoms with Gasteiger partial charge in [0.05, 0.1) is 13.2 Å². The number of aryl methyl sites for hydroxylation is 2. The molecule has 0 saturated heterocycles. The molecule has 1 rings (SSSR count). The van der Waals surface area contributed by atoms with Gasteiger partial charge in [0, 0.05) is 18.8 Å². The van der Waals surface area contributed by atoms with Crippen molar-refractivity contribution in [2.45, 2.75) is 19.8 Å². The molecule has 0 aromatic heterocycles. The predicted octanol–water partition coefficient (Wildman–Crippen LogP) is 2.30. The summed E-state index contributed by atoms with van der Waals surface area (Å²) in [4.78, 5) is 11.5. The first-order chi connectivity index (χ1) is 8.72. The van der Waals surface area contributed by atoms with E-state index in [4.69, 9.17) is 16.3 Å². The molecular weight excluding hydrogens is 250 g/mol. The van der Waals surface area contributed by atoms with Crippen molar-refractivity contribution in [2.24, 2.45) is 0 Å². The van der Waals surface area contributed by atoms with E-state index in [1.54, 1.807) is 0 Å². The third kappa shape index (κ3) is 6.62. The van der Waals surface area contributed by atoms with Gasteiger partial charge in [0.15, 0.2) is 0 Å². The number of amides is 1. The summed E-state index contributed by atoms with van der Waals surface area (Å²) in [5.74, 6) is 0.548. The quantitative estimate of drug-likeness (QED) is 0.581. The number of nitrogens with one attached hydrogen (secondary N) is 1. The first-order valence-electron chi connectivity index (χ1n) is 6.18. The first-order valence-corrected chi connectivity index (χ1v) is 6.72. The van der Waals surface area contributed by atoms with Crippen LogP contribution >= 0.6 is 11.6 Å². The summed E-state index contributed by atoms with van der Waals surface area (Å²) < 4.78 is 5.16. The number of carbonyl (C=O) groups is 1. The Labute approximate surface area is 113 Å². The van der Waals surface area contributed by atoms with Crippen molar-refractivity contribution in [3.8, 4) is 0 Å². The zero-order valence-electron chi connectivity index (χ0n) is 10.7. The maximum atomic E-state index is 11.5. The summed E-state index contributed by atoms with van der Waals surface area (Å²) in [5, 5.41) is 2.82. The molecule has 0 heterocycles. The van der Waals surface area contributed by atoms with Crippen molar-refractivity contribution in [1.82, 2.24) is 5.32 Å². The highest BCUT2D eigenvalue weighted by Crippen LogP contribution is 2.05. The first kappa shape index (κ1) is 15.0. The van der Waals surface area contributed by atoms with E-state index in [1.165, 1.54) is 11.1 Å². The standard InChI is InChI=1S/C14H20ClNO2/c1-12-2-4-13(5-3-12)6-7-14(17)16-9-11-18-10-8-15/h2-5H,6-11H2,1H3,(H,16,17). The molecule has 0 aliphatic heterocycles. The van der Waals surface area contributed by atoms with Crippen LogP contribution < -0.4 is 5.32 Å². The molecule has 0 saturated carbocycles. The number of carbonyl (C=O) groups excluding carboxylic acids is 1. The molecule has 18 heavy (non-hydrogen) atoms. The van der Waals surface area contributed by atoms with Crippen molar-refractivity contribution in [2.75, 3.05) is 25.6 Å². The van der Waals surface area contributed by atoms with Crippen LogP contribution in [0.1, 0.15) is 17.5 Å². The van der Waals surface area contributed by atoms with Crippen LogP contribution in [0.25, 0.3) is 0 Å². The number of ether oxygens (including phenoxy) is 1. The van der Waals surface area contributed by atoms with Crippen LogP contribution in [0.2, 0.25) is 0 Å². The minimum absolute atomic E-state index is 0.0602. The van der Waals surface area contributed by atoms with Gasteiger partial charge in [-0.2, -0.15) is 0 Å². The molecule has 0 spiro atoms. The van der Waals surface area contributed by atoms with Crippen molar-refractivity contribution in [1.29, 1.82) is 0 Å². The van der Waals surface area contributed by atoms with Gasteiger partial charge in [-0.15, -0.1) is 11.6 Å². The van der Waals surface area contributed by atoms with Gasteiger partial charge >= 0.3 is 0 Å². The molecule has 1 aromatic carbocycles. The SMILES string of the molecule is Cc1ccc(CCC(=O)NCCOCCCl)cc1. The third-order valence-corrected chi connectivity index (χ3v) is 2.71. The number of alkyl halides is 1. The molecule has 0 aliphatic carbocycles. The van der Waals surface area contributed by atoms with Gasteiger partial charge in [-0.1, -0.05) is 29.8 Å². The smallest absolute Gasteiger partial charge is 0.220 e. The molecule has 0 unspecified atom stereocenters. The maximum absolute atomic E-state index is 11.5. The Balaban J connectivity index is 2.11. The van der Waals surface area contributed by atoms with Gasteiger partial charge in [-0.3, -0.25) is 4.79 Å². The number of halogens is 1. The zero-order chi connectivity index (χ0) is 13.2. The van der Waals surface area contributed by atoms with Gasteiger partial charge < -0.3 is 10.1 Å². The van der Waals surface area contributed by atoms with Crippen LogP contribution in [-0.2, 0) is 16.0 Å². The Bertz CT molecular complexity index is 351. The molecule has 1 aromatic rings. The summed E-state index contributed by atoms with van der Waals surface area (Å²) in [5.41, 5.74) is 2.42. The van der Waals surface area contributed by atoms with Gasteiger partial charge in [0.1, 0.15) is 0 Å². The lowest BCUT2D eigenvalue weighted by Crippen LogP contribution is -2.27. The Morgan fingerprint density at radius 1 is 1.28 bits per heavy atom. The Morgan fingerprint density at radius 2 is 2.00 bits per heavy atom. The summed E-state index contributed by atoms with van der Waals surface area (Å²) in [6.07, 6.45) is 1.28. The van der Waals surface area contributed by atoms with E-state index >= 15 is 0 Å². The zero-order valence-corrected chi connectivity index (χ0v) is 11.5. The Morgan fingerprint density at radius 3 is 2.67 bits per heavy atom. The van der Waals surface area contributed by atoms with Crippen molar-refractivity contribution < 1.29 is 9.53 Å². The van der Waals surface area contributed by atoms with E-state index in [9.17, 15) is 4.79 Å². The average molecular weight is 270 g/mol. The second-order valence-corrected chi connectivity index (χ2v) is 4.51. The fourth-order valence-corrected chi connectivity index (χ4v) is 1.63. The third-order valence-electron chi connectivity index (χ3n) is 2.55. The van der Waals surface area contributed by atoms with Crippen LogP contribution in [0, 0.1) is 6.92 Å². The van der Waals surface area contributed by atoms with Crippen molar-refractivity contribution >= 4 is 17.5 Å². The molecule has 0 fully saturated rings. The van der Waals surface area contributed by atoms with E-state index in [1.807, 2.05) is 0 Å². The Kier molecular flexibility index (Phi) is 7.46. The largest absolute Gasteiger partial charge is 0.378 e. The van der Waals surface area contributed by atoms with E-state index in [-0.39, 0.29) is 5.91 Å². The molecule has 0 atom stereocenters. The van der Waals surface area contributed by atoms with Crippen molar-refractivity contribution in [3.63, 3.8) is 0 Å². The summed E-state index contributed by atoms with van der Waals surface area (Å²) >= 11 is 5.46. The molecule has 1 amide bonds. The van der Waals surface area contributed by atoms with E-state index in [0.29, 0.717) is 32.1 Å². The van der Waals surface area contributed by atoms with Gasteiger partial charge in [-0.05, 0) is 18.9 Å². The molecule has 3 nitrogen and oxygen atoms in total. The lowest BCUT2D eigenvalue weighted by atomic mass is 10.1. The molecule has 1 N–H and O–H groups in total. The molecule has 0 bridgehead atoms. The normalized spacial score (nSPS) is 10.3. The fourth-order valence-electron chi connectivity index (χ4n) is 1.52. The highest BCUT2D eigenvalue weighted by Gasteiger charge is 2.01. The monoisotopic (exact) mass is 269 g/mol. The number of hydrogen-bond donors (Lipinski definition) is 1. The molecule has 4 heteroatoms. The van der Waals surface area contributed by atoms with Crippen LogP contribution in [0.4, 0.5) is 0 Å². The van der Waals surface area contributed by atoms with Gasteiger partial charge in [-0.25, -0.2) is 0 Å². The second-order valence-electron chi connectivity index (χ2n) is 4.14. The topological polar surface area (TPSA) is 38.3 Å². The van der Waals surface area contributed by atoms with Crippen LogP contribution in [-0.4, -0.2) is 31.5 Å². The number of benzene rings is 1. The fraction of sp³-hybridized carbons (Fsp3) is 0.500.